The number of benzene rings is 2. The van der Waals surface area contributed by atoms with Gasteiger partial charge in [0.25, 0.3) is 0 Å². The van der Waals surface area contributed by atoms with Crippen molar-refractivity contribution in [2.75, 3.05) is 0 Å². The third kappa shape index (κ3) is 1.83. The minimum absolute atomic E-state index is 0.599. The molecule has 0 aliphatic heterocycles. The van der Waals surface area contributed by atoms with E-state index in [4.69, 9.17) is 23.8 Å². The van der Waals surface area contributed by atoms with E-state index < -0.39 is 0 Å². The molecule has 2 aromatic carbocycles. The van der Waals surface area contributed by atoms with Crippen LogP contribution in [0.2, 0.25) is 5.02 Å². The molecule has 7 heteroatoms. The zero-order valence-corrected chi connectivity index (χ0v) is 13.3. The highest BCUT2D eigenvalue weighted by molar-refractivity contribution is 7.71. The minimum atomic E-state index is 0.599. The quantitative estimate of drug-likeness (QED) is 0.516. The normalized spacial score (nSPS) is 11.5. The molecular weight excluding hydrogens is 324 g/mol. The van der Waals surface area contributed by atoms with Gasteiger partial charge in [0.1, 0.15) is 11.0 Å². The molecule has 0 saturated carbocycles. The molecule has 0 amide bonds. The van der Waals surface area contributed by atoms with Crippen molar-refractivity contribution in [2.24, 2.45) is 0 Å². The van der Waals surface area contributed by atoms with E-state index in [1.165, 1.54) is 11.7 Å². The van der Waals surface area contributed by atoms with E-state index >= 15 is 0 Å². The van der Waals surface area contributed by atoms with Crippen LogP contribution in [0.1, 0.15) is 5.56 Å². The second-order valence-corrected chi connectivity index (χ2v) is 6.08. The molecule has 0 aliphatic rings. The van der Waals surface area contributed by atoms with Crippen LogP contribution in [-0.2, 0) is 0 Å². The lowest BCUT2D eigenvalue weighted by Gasteiger charge is -2.07. The number of hydrogen-bond donors (Lipinski definition) is 1. The number of aromatic amines is 1. The highest BCUT2D eigenvalue weighted by atomic mass is 35.5. The van der Waals surface area contributed by atoms with Crippen LogP contribution in [0.25, 0.3) is 27.8 Å². The molecule has 0 atom stereocenters. The number of fused-ring (bicyclic) bond motifs is 2. The smallest absolute Gasteiger partial charge is 0.182 e. The number of nitrogens with one attached hydrogen (secondary N) is 1. The average Bonchev–Trinajstić information content (AvgIpc) is 3.05. The van der Waals surface area contributed by atoms with Crippen molar-refractivity contribution in [2.45, 2.75) is 6.92 Å². The molecule has 0 radical (unpaired) electrons. The summed E-state index contributed by atoms with van der Waals surface area (Å²) in [4.78, 5) is 3.25. The molecule has 21 heavy (non-hydrogen) atoms. The first kappa shape index (κ1) is 12.9. The highest BCUT2D eigenvalue weighted by Gasteiger charge is 2.16. The van der Waals surface area contributed by atoms with Crippen LogP contribution in [0, 0.1) is 11.7 Å². The Hall–Kier alpha value is -1.76. The maximum atomic E-state index is 6.42. The first-order valence-corrected chi connectivity index (χ1v) is 7.80. The Kier molecular flexibility index (Phi) is 2.85. The van der Waals surface area contributed by atoms with E-state index in [0.29, 0.717) is 9.79 Å². The topological polar surface area (TPSA) is 46.5 Å². The van der Waals surface area contributed by atoms with Gasteiger partial charge in [-0.2, -0.15) is 8.75 Å². The van der Waals surface area contributed by atoms with Crippen LogP contribution < -0.4 is 0 Å². The number of rotatable bonds is 1. The van der Waals surface area contributed by atoms with E-state index in [9.17, 15) is 0 Å². The van der Waals surface area contributed by atoms with Crippen molar-refractivity contribution >= 4 is 57.6 Å². The molecule has 1 N–H and O–H groups in total. The molecule has 0 fully saturated rings. The van der Waals surface area contributed by atoms with Crippen LogP contribution in [0.15, 0.2) is 30.3 Å². The fourth-order valence-electron chi connectivity index (χ4n) is 2.52. The summed E-state index contributed by atoms with van der Waals surface area (Å²) < 4.78 is 11.2. The fourth-order valence-corrected chi connectivity index (χ4v) is 3.59. The standard InChI is InChI=1S/C14H9ClN4S2/c1-7-3-2-4-10-11(7)16-14(20)19(10)13-8(15)5-6-9-12(13)18-21-17-9/h2-6H,1H3,(H,16,20). The average molecular weight is 333 g/mol. The first-order valence-electron chi connectivity index (χ1n) is 6.28. The molecule has 2 heterocycles. The molecule has 4 rings (SSSR count). The fraction of sp³-hybridized carbons (Fsp3) is 0.0714. The molecule has 0 unspecified atom stereocenters. The Morgan fingerprint density at radius 3 is 2.95 bits per heavy atom. The molecule has 2 aromatic heterocycles. The van der Waals surface area contributed by atoms with E-state index in [1.807, 2.05) is 41.8 Å². The largest absolute Gasteiger partial charge is 0.330 e. The highest BCUT2D eigenvalue weighted by Crippen LogP contribution is 2.32. The number of nitrogens with zero attached hydrogens (tertiary/aromatic N) is 3. The SMILES string of the molecule is Cc1cccc2c1[nH]c(=S)n2-c1c(Cl)ccc2nsnc12. The van der Waals surface area contributed by atoms with Crippen molar-refractivity contribution in [1.29, 1.82) is 0 Å². The zero-order chi connectivity index (χ0) is 14.6. The molecule has 104 valence electrons. The summed E-state index contributed by atoms with van der Waals surface area (Å²) >= 11 is 13.1. The third-order valence-corrected chi connectivity index (χ3v) is 4.63. The van der Waals surface area contributed by atoms with Gasteiger partial charge in [-0.15, -0.1) is 0 Å². The summed E-state index contributed by atoms with van der Waals surface area (Å²) in [5, 5.41) is 0.605. The predicted molar refractivity (Wildman–Crippen MR) is 89.2 cm³/mol. The second kappa shape index (κ2) is 4.62. The van der Waals surface area contributed by atoms with Crippen LogP contribution >= 0.6 is 35.5 Å². The van der Waals surface area contributed by atoms with Crippen LogP contribution in [0.3, 0.4) is 0 Å². The number of hydrogen-bond acceptors (Lipinski definition) is 4. The van der Waals surface area contributed by atoms with E-state index in [2.05, 4.69) is 13.7 Å². The summed E-state index contributed by atoms with van der Waals surface area (Å²) in [5.74, 6) is 0. The van der Waals surface area contributed by atoms with Crippen LogP contribution in [0.4, 0.5) is 0 Å². The molecule has 4 nitrogen and oxygen atoms in total. The van der Waals surface area contributed by atoms with Crippen molar-refractivity contribution in [3.63, 3.8) is 0 Å². The van der Waals surface area contributed by atoms with Crippen molar-refractivity contribution in [3.05, 3.63) is 45.7 Å². The molecule has 0 spiro atoms. The minimum Gasteiger partial charge on any atom is -0.330 e. The lowest BCUT2D eigenvalue weighted by molar-refractivity contribution is 1.07. The zero-order valence-electron chi connectivity index (χ0n) is 10.9. The number of aryl methyl sites for hydroxylation is 1. The Morgan fingerprint density at radius 1 is 1.24 bits per heavy atom. The lowest BCUT2D eigenvalue weighted by atomic mass is 10.2. The Balaban J connectivity index is 2.22. The molecule has 0 bridgehead atoms. The van der Waals surface area contributed by atoms with Crippen molar-refractivity contribution in [3.8, 4) is 5.69 Å². The Morgan fingerprint density at radius 2 is 2.10 bits per heavy atom. The number of aromatic nitrogens is 4. The molecular formula is C14H9ClN4S2. The van der Waals surface area contributed by atoms with Gasteiger partial charge in [0.15, 0.2) is 4.77 Å². The van der Waals surface area contributed by atoms with Gasteiger partial charge in [-0.05, 0) is 42.9 Å². The van der Waals surface area contributed by atoms with E-state index in [1.54, 1.807) is 0 Å². The van der Waals surface area contributed by atoms with Gasteiger partial charge in [0.05, 0.1) is 33.5 Å². The van der Waals surface area contributed by atoms with E-state index in [-0.39, 0.29) is 0 Å². The van der Waals surface area contributed by atoms with Gasteiger partial charge in [-0.25, -0.2) is 0 Å². The summed E-state index contributed by atoms with van der Waals surface area (Å²) in [6.07, 6.45) is 0. The first-order chi connectivity index (χ1) is 10.2. The lowest BCUT2D eigenvalue weighted by Crippen LogP contribution is -1.97. The summed E-state index contributed by atoms with van der Waals surface area (Å²) in [5.41, 5.74) is 5.51. The number of imidazole rings is 1. The maximum absolute atomic E-state index is 6.42. The maximum Gasteiger partial charge on any atom is 0.182 e. The van der Waals surface area contributed by atoms with Crippen molar-refractivity contribution in [1.82, 2.24) is 18.3 Å². The van der Waals surface area contributed by atoms with Gasteiger partial charge in [-0.1, -0.05) is 23.7 Å². The van der Waals surface area contributed by atoms with Gasteiger partial charge in [0.2, 0.25) is 0 Å². The summed E-state index contributed by atoms with van der Waals surface area (Å²) in [6.45, 7) is 2.05. The van der Waals surface area contributed by atoms with Crippen molar-refractivity contribution < 1.29 is 0 Å². The third-order valence-electron chi connectivity index (χ3n) is 3.50. The predicted octanol–water partition coefficient (Wildman–Crippen LogP) is 4.65. The molecule has 0 saturated heterocycles. The number of para-hydroxylation sites is 1. The van der Waals surface area contributed by atoms with Crippen LogP contribution in [0.5, 0.6) is 0 Å². The Labute approximate surface area is 134 Å². The summed E-state index contributed by atoms with van der Waals surface area (Å²) in [6, 6.07) is 9.77. The van der Waals surface area contributed by atoms with E-state index in [0.717, 1.165) is 33.3 Å². The van der Waals surface area contributed by atoms with Gasteiger partial charge in [0, 0.05) is 0 Å². The number of halogens is 1. The van der Waals surface area contributed by atoms with Gasteiger partial charge in [-0.3, -0.25) is 4.57 Å². The molecule has 0 aliphatic carbocycles. The summed E-state index contributed by atoms with van der Waals surface area (Å²) in [7, 11) is 0. The second-order valence-electron chi connectivity index (χ2n) is 4.76. The van der Waals surface area contributed by atoms with Gasteiger partial charge >= 0.3 is 0 Å². The van der Waals surface area contributed by atoms with Crippen LogP contribution in [-0.4, -0.2) is 18.3 Å². The number of H-pyrrole nitrogens is 1. The molecule has 4 aromatic rings. The van der Waals surface area contributed by atoms with Gasteiger partial charge < -0.3 is 4.98 Å². The Bertz CT molecular complexity index is 1040. The monoisotopic (exact) mass is 332 g/mol.